The van der Waals surface area contributed by atoms with Crippen molar-refractivity contribution >= 4 is 45.6 Å². The maximum absolute atomic E-state index is 12.9. The topological polar surface area (TPSA) is 54.0 Å². The number of carbonyl (C=O) groups is 1. The first kappa shape index (κ1) is 17.3. The third kappa shape index (κ3) is 3.31. The van der Waals surface area contributed by atoms with Crippen LogP contribution in [-0.2, 0) is 10.2 Å². The Labute approximate surface area is 160 Å². The highest BCUT2D eigenvalue weighted by molar-refractivity contribution is 7.15. The second kappa shape index (κ2) is 6.88. The van der Waals surface area contributed by atoms with Gasteiger partial charge in [-0.05, 0) is 56.8 Å². The van der Waals surface area contributed by atoms with Gasteiger partial charge in [-0.2, -0.15) is 0 Å². The van der Waals surface area contributed by atoms with Crippen molar-refractivity contribution in [3.63, 3.8) is 0 Å². The monoisotopic (exact) mass is 395 g/mol. The van der Waals surface area contributed by atoms with Gasteiger partial charge in [0.25, 0.3) is 0 Å². The molecule has 1 aromatic carbocycles. The molecule has 25 heavy (non-hydrogen) atoms. The normalized spacial score (nSPS) is 19.6. The minimum atomic E-state index is -0.615. The van der Waals surface area contributed by atoms with E-state index >= 15 is 0 Å². The van der Waals surface area contributed by atoms with Gasteiger partial charge in [0, 0.05) is 26.7 Å². The maximum atomic E-state index is 12.9. The number of benzene rings is 1. The van der Waals surface area contributed by atoms with Crippen LogP contribution in [0.3, 0.4) is 0 Å². The highest BCUT2D eigenvalue weighted by Gasteiger charge is 2.53. The number of halogens is 2. The Kier molecular flexibility index (Phi) is 4.75. The summed E-state index contributed by atoms with van der Waals surface area (Å²) in [7, 11) is 0. The summed E-state index contributed by atoms with van der Waals surface area (Å²) in [5.41, 5.74) is 0.127. The molecule has 0 atom stereocenters. The van der Waals surface area contributed by atoms with E-state index in [1.54, 1.807) is 29.5 Å². The predicted molar refractivity (Wildman–Crippen MR) is 103 cm³/mol. The van der Waals surface area contributed by atoms with E-state index in [4.69, 9.17) is 23.2 Å². The van der Waals surface area contributed by atoms with Gasteiger partial charge < -0.3 is 10.6 Å². The van der Waals surface area contributed by atoms with Gasteiger partial charge in [-0.1, -0.05) is 29.3 Å². The second-order valence-electron chi connectivity index (χ2n) is 6.72. The van der Waals surface area contributed by atoms with E-state index in [9.17, 15) is 4.79 Å². The van der Waals surface area contributed by atoms with Gasteiger partial charge in [0.05, 0.1) is 5.41 Å². The molecule has 4 nitrogen and oxygen atoms in total. The van der Waals surface area contributed by atoms with Gasteiger partial charge >= 0.3 is 0 Å². The summed E-state index contributed by atoms with van der Waals surface area (Å²) >= 11 is 14.2. The molecule has 2 heterocycles. The van der Waals surface area contributed by atoms with Crippen LogP contribution in [0.2, 0.25) is 10.0 Å². The SMILES string of the molecule is O=C(Nc1ncc(C2CCNCC2)s1)C1(c2c(Cl)cccc2Cl)CC1. The van der Waals surface area contributed by atoms with Crippen LogP contribution in [0.1, 0.15) is 42.0 Å². The van der Waals surface area contributed by atoms with E-state index in [-0.39, 0.29) is 5.91 Å². The van der Waals surface area contributed by atoms with Gasteiger partial charge in [-0.3, -0.25) is 4.79 Å². The van der Waals surface area contributed by atoms with E-state index in [1.807, 2.05) is 6.20 Å². The first-order valence-electron chi connectivity index (χ1n) is 8.52. The predicted octanol–water partition coefficient (Wildman–Crippen LogP) is 4.59. The molecule has 1 amide bonds. The van der Waals surface area contributed by atoms with E-state index < -0.39 is 5.41 Å². The summed E-state index contributed by atoms with van der Waals surface area (Å²) in [6.07, 6.45) is 5.66. The van der Waals surface area contributed by atoms with Crippen LogP contribution >= 0.6 is 34.5 Å². The van der Waals surface area contributed by atoms with E-state index in [0.29, 0.717) is 21.1 Å². The number of rotatable bonds is 4. The van der Waals surface area contributed by atoms with Gasteiger partial charge in [0.15, 0.2) is 5.13 Å². The molecule has 1 aromatic heterocycles. The largest absolute Gasteiger partial charge is 0.317 e. The highest BCUT2D eigenvalue weighted by atomic mass is 35.5. The Morgan fingerprint density at radius 1 is 1.24 bits per heavy atom. The molecule has 7 heteroatoms. The summed E-state index contributed by atoms with van der Waals surface area (Å²) < 4.78 is 0. The number of piperidine rings is 1. The van der Waals surface area contributed by atoms with Gasteiger partial charge in [-0.25, -0.2) is 4.98 Å². The molecule has 0 radical (unpaired) electrons. The summed E-state index contributed by atoms with van der Waals surface area (Å²) in [5.74, 6) is 0.478. The van der Waals surface area contributed by atoms with Crippen LogP contribution < -0.4 is 10.6 Å². The Balaban J connectivity index is 1.51. The molecule has 1 aliphatic heterocycles. The lowest BCUT2D eigenvalue weighted by Crippen LogP contribution is -2.28. The van der Waals surface area contributed by atoms with Crippen LogP contribution in [0, 0.1) is 0 Å². The Hall–Kier alpha value is -1.14. The summed E-state index contributed by atoms with van der Waals surface area (Å²) in [6.45, 7) is 2.08. The lowest BCUT2D eigenvalue weighted by atomic mass is 9.95. The molecule has 1 aliphatic carbocycles. The molecule has 0 bridgehead atoms. The number of anilines is 1. The van der Waals surface area contributed by atoms with Crippen molar-refractivity contribution in [1.29, 1.82) is 0 Å². The average Bonchev–Trinajstić information content (AvgIpc) is 3.27. The maximum Gasteiger partial charge on any atom is 0.236 e. The zero-order chi connectivity index (χ0) is 17.4. The number of hydrogen-bond donors (Lipinski definition) is 2. The van der Waals surface area contributed by atoms with Gasteiger partial charge in [0.2, 0.25) is 5.91 Å². The van der Waals surface area contributed by atoms with Crippen molar-refractivity contribution in [2.45, 2.75) is 37.0 Å². The van der Waals surface area contributed by atoms with Gasteiger partial charge in [0.1, 0.15) is 0 Å². The van der Waals surface area contributed by atoms with Crippen molar-refractivity contribution < 1.29 is 4.79 Å². The van der Waals surface area contributed by atoms with E-state index in [1.165, 1.54) is 4.88 Å². The van der Waals surface area contributed by atoms with Crippen LogP contribution in [0.4, 0.5) is 5.13 Å². The first-order chi connectivity index (χ1) is 12.1. The second-order valence-corrected chi connectivity index (χ2v) is 8.60. The minimum Gasteiger partial charge on any atom is -0.317 e. The molecule has 1 saturated carbocycles. The third-order valence-electron chi connectivity index (χ3n) is 5.11. The number of carbonyl (C=O) groups excluding carboxylic acids is 1. The number of hydrogen-bond acceptors (Lipinski definition) is 4. The van der Waals surface area contributed by atoms with Crippen LogP contribution in [0.25, 0.3) is 0 Å². The van der Waals surface area contributed by atoms with E-state index in [2.05, 4.69) is 15.6 Å². The standard InChI is InChI=1S/C18H19Cl2N3OS/c19-12-2-1-3-13(20)15(12)18(6-7-18)16(24)23-17-22-10-14(25-17)11-4-8-21-9-5-11/h1-3,10-11,21H,4-9H2,(H,22,23,24). The average molecular weight is 396 g/mol. The lowest BCUT2D eigenvalue weighted by Gasteiger charge is -2.20. The molecule has 0 spiro atoms. The molecule has 2 aliphatic rings. The Morgan fingerprint density at radius 2 is 1.92 bits per heavy atom. The van der Waals surface area contributed by atoms with Crippen molar-refractivity contribution in [2.24, 2.45) is 0 Å². The quantitative estimate of drug-likeness (QED) is 0.795. The molecule has 2 fully saturated rings. The number of thiazole rings is 1. The van der Waals surface area contributed by atoms with Crippen LogP contribution in [0.5, 0.6) is 0 Å². The molecule has 1 saturated heterocycles. The molecule has 132 valence electrons. The fourth-order valence-electron chi connectivity index (χ4n) is 3.53. The Bertz CT molecular complexity index is 777. The van der Waals surface area contributed by atoms with Crippen molar-refractivity contribution in [3.8, 4) is 0 Å². The fourth-order valence-corrected chi connectivity index (χ4v) is 5.27. The smallest absolute Gasteiger partial charge is 0.236 e. The van der Waals surface area contributed by atoms with E-state index in [0.717, 1.165) is 44.3 Å². The molecule has 4 rings (SSSR count). The third-order valence-corrected chi connectivity index (χ3v) is 6.82. The molecule has 0 unspecified atom stereocenters. The summed E-state index contributed by atoms with van der Waals surface area (Å²) in [5, 5.41) is 8.12. The van der Waals surface area contributed by atoms with Gasteiger partial charge in [-0.15, -0.1) is 11.3 Å². The lowest BCUT2D eigenvalue weighted by molar-refractivity contribution is -0.118. The number of aromatic nitrogens is 1. The summed E-state index contributed by atoms with van der Waals surface area (Å²) in [4.78, 5) is 18.6. The van der Waals surface area contributed by atoms with Crippen molar-refractivity contribution in [2.75, 3.05) is 18.4 Å². The zero-order valence-electron chi connectivity index (χ0n) is 13.6. The molecular weight excluding hydrogens is 377 g/mol. The van der Waals surface area contributed by atoms with Crippen LogP contribution in [0.15, 0.2) is 24.4 Å². The Morgan fingerprint density at radius 3 is 2.56 bits per heavy atom. The van der Waals surface area contributed by atoms with Crippen LogP contribution in [-0.4, -0.2) is 24.0 Å². The zero-order valence-corrected chi connectivity index (χ0v) is 16.0. The molecule has 2 aromatic rings. The fraction of sp³-hybridized carbons (Fsp3) is 0.444. The summed E-state index contributed by atoms with van der Waals surface area (Å²) in [6, 6.07) is 5.37. The van der Waals surface area contributed by atoms with Crippen molar-refractivity contribution in [3.05, 3.63) is 44.9 Å². The molecular formula is C18H19Cl2N3OS. The number of nitrogens with zero attached hydrogens (tertiary/aromatic N) is 1. The van der Waals surface area contributed by atoms with Crippen molar-refractivity contribution in [1.82, 2.24) is 10.3 Å². The first-order valence-corrected chi connectivity index (χ1v) is 10.1. The number of nitrogens with one attached hydrogen (secondary N) is 2. The number of amides is 1. The minimum absolute atomic E-state index is 0.0614. The highest BCUT2D eigenvalue weighted by Crippen LogP contribution is 2.53. The molecule has 2 N–H and O–H groups in total.